The van der Waals surface area contributed by atoms with Gasteiger partial charge in [-0.1, -0.05) is 6.92 Å². The topological polar surface area (TPSA) is 38.7 Å². The second-order valence-electron chi connectivity index (χ2n) is 2.77. The maximum absolute atomic E-state index is 10.9. The summed E-state index contributed by atoms with van der Waals surface area (Å²) in [5, 5.41) is 0. The van der Waals surface area contributed by atoms with Gasteiger partial charge in [-0.05, 0) is 13.8 Å². The van der Waals surface area contributed by atoms with Gasteiger partial charge in [0.1, 0.15) is 0 Å². The van der Waals surface area contributed by atoms with Crippen molar-refractivity contribution in [2.45, 2.75) is 39.3 Å². The monoisotopic (exact) mass is 155 g/mol. The maximum Gasteiger partial charge on any atom is 0.184 e. The molecule has 0 aromatic carbocycles. The number of carbonyl (C=O) groups is 1. The number of carbonyl (C=O) groups excluding carboxylic acids is 1. The number of hydrogen-bond acceptors (Lipinski definition) is 3. The van der Waals surface area contributed by atoms with Crippen LogP contribution in [0.2, 0.25) is 0 Å². The molecule has 0 aromatic rings. The number of Topliss-reactive ketones (excluding diaryl/α,β-unsaturated/α-hetero) is 1. The lowest BCUT2D eigenvalue weighted by Gasteiger charge is -2.09. The lowest BCUT2D eigenvalue weighted by molar-refractivity contribution is -0.123. The summed E-state index contributed by atoms with van der Waals surface area (Å²) in [7, 11) is 0. The van der Waals surface area contributed by atoms with E-state index in [1.165, 1.54) is 6.92 Å². The molecule has 0 aromatic heterocycles. The van der Waals surface area contributed by atoms with Crippen LogP contribution >= 0.6 is 0 Å². The Bertz CT molecular complexity index is 198. The standard InChI is InChI=1S/C8H13NO2/c1-4-7-9-5(2)8(11-7)6(3)10/h5,8H,4H2,1-3H3/t5-,8-/m1/s1. The maximum atomic E-state index is 10.9. The van der Waals surface area contributed by atoms with Crippen LogP contribution in [-0.4, -0.2) is 23.8 Å². The molecular weight excluding hydrogens is 142 g/mol. The number of ketones is 1. The van der Waals surface area contributed by atoms with Gasteiger partial charge >= 0.3 is 0 Å². The third kappa shape index (κ3) is 1.59. The van der Waals surface area contributed by atoms with Crippen LogP contribution in [0.15, 0.2) is 4.99 Å². The van der Waals surface area contributed by atoms with E-state index in [0.717, 1.165) is 6.42 Å². The molecule has 11 heavy (non-hydrogen) atoms. The molecule has 1 heterocycles. The highest BCUT2D eigenvalue weighted by Gasteiger charge is 2.29. The van der Waals surface area contributed by atoms with Crippen LogP contribution in [0.1, 0.15) is 27.2 Å². The molecule has 3 heteroatoms. The highest BCUT2D eigenvalue weighted by atomic mass is 16.5. The number of hydrogen-bond donors (Lipinski definition) is 0. The Labute approximate surface area is 66.5 Å². The second-order valence-corrected chi connectivity index (χ2v) is 2.77. The first-order valence-corrected chi connectivity index (χ1v) is 3.89. The van der Waals surface area contributed by atoms with Crippen molar-refractivity contribution in [2.24, 2.45) is 4.99 Å². The average molecular weight is 155 g/mol. The van der Waals surface area contributed by atoms with Crippen molar-refractivity contribution >= 4 is 11.7 Å². The van der Waals surface area contributed by atoms with E-state index in [1.54, 1.807) is 0 Å². The third-order valence-corrected chi connectivity index (χ3v) is 1.75. The summed E-state index contributed by atoms with van der Waals surface area (Å²) in [4.78, 5) is 15.1. The molecule has 0 N–H and O–H groups in total. The van der Waals surface area contributed by atoms with Crippen molar-refractivity contribution in [3.05, 3.63) is 0 Å². The van der Waals surface area contributed by atoms with Gasteiger partial charge in [-0.3, -0.25) is 4.79 Å². The van der Waals surface area contributed by atoms with E-state index in [1.807, 2.05) is 13.8 Å². The van der Waals surface area contributed by atoms with Gasteiger partial charge in [-0.15, -0.1) is 0 Å². The first-order valence-electron chi connectivity index (χ1n) is 3.89. The van der Waals surface area contributed by atoms with Crippen molar-refractivity contribution in [1.29, 1.82) is 0 Å². The highest BCUT2D eigenvalue weighted by molar-refractivity contribution is 5.88. The van der Waals surface area contributed by atoms with E-state index in [4.69, 9.17) is 4.74 Å². The zero-order valence-corrected chi connectivity index (χ0v) is 7.13. The van der Waals surface area contributed by atoms with Gasteiger partial charge in [0.25, 0.3) is 0 Å². The van der Waals surface area contributed by atoms with Gasteiger partial charge < -0.3 is 4.74 Å². The van der Waals surface area contributed by atoms with Crippen molar-refractivity contribution in [2.75, 3.05) is 0 Å². The van der Waals surface area contributed by atoms with Crippen LogP contribution in [0.3, 0.4) is 0 Å². The van der Waals surface area contributed by atoms with Crippen LogP contribution < -0.4 is 0 Å². The van der Waals surface area contributed by atoms with E-state index in [2.05, 4.69) is 4.99 Å². The minimum Gasteiger partial charge on any atom is -0.468 e. The zero-order chi connectivity index (χ0) is 8.43. The Kier molecular flexibility index (Phi) is 2.27. The molecule has 0 unspecified atom stereocenters. The molecule has 1 rings (SSSR count). The Morgan fingerprint density at radius 3 is 2.64 bits per heavy atom. The minimum absolute atomic E-state index is 0.00227. The van der Waals surface area contributed by atoms with E-state index >= 15 is 0 Å². The Balaban J connectivity index is 2.61. The SMILES string of the molecule is CCC1=N[C@H](C)[C@H](C(C)=O)O1. The summed E-state index contributed by atoms with van der Waals surface area (Å²) in [5.74, 6) is 0.766. The first kappa shape index (κ1) is 8.24. The van der Waals surface area contributed by atoms with Gasteiger partial charge in [-0.25, -0.2) is 4.99 Å². The van der Waals surface area contributed by atoms with Crippen LogP contribution in [0, 0.1) is 0 Å². The van der Waals surface area contributed by atoms with Gasteiger partial charge in [0.05, 0.1) is 6.04 Å². The summed E-state index contributed by atoms with van der Waals surface area (Å²) in [6, 6.07) is 0.00227. The number of nitrogens with zero attached hydrogens (tertiary/aromatic N) is 1. The van der Waals surface area contributed by atoms with E-state index in [9.17, 15) is 4.79 Å². The normalized spacial score (nSPS) is 29.5. The van der Waals surface area contributed by atoms with Crippen LogP contribution in [0.4, 0.5) is 0 Å². The molecule has 0 radical (unpaired) electrons. The molecule has 0 spiro atoms. The fourth-order valence-corrected chi connectivity index (χ4v) is 1.17. The molecule has 0 saturated heterocycles. The Morgan fingerprint density at radius 1 is 1.73 bits per heavy atom. The predicted molar refractivity (Wildman–Crippen MR) is 42.7 cm³/mol. The molecule has 0 amide bonds. The molecule has 1 aliphatic rings. The Morgan fingerprint density at radius 2 is 2.36 bits per heavy atom. The number of ether oxygens (including phenoxy) is 1. The van der Waals surface area contributed by atoms with Gasteiger partial charge in [0.15, 0.2) is 17.8 Å². The van der Waals surface area contributed by atoms with Crippen LogP contribution in [0.25, 0.3) is 0 Å². The minimum atomic E-state index is -0.329. The van der Waals surface area contributed by atoms with Gasteiger partial charge in [0.2, 0.25) is 0 Å². The molecule has 1 aliphatic heterocycles. The molecule has 0 bridgehead atoms. The number of aliphatic imine (C=N–C) groups is 1. The van der Waals surface area contributed by atoms with Crippen LogP contribution in [0.5, 0.6) is 0 Å². The fourth-order valence-electron chi connectivity index (χ4n) is 1.17. The third-order valence-electron chi connectivity index (χ3n) is 1.75. The summed E-state index contributed by atoms with van der Waals surface area (Å²) >= 11 is 0. The molecule has 62 valence electrons. The van der Waals surface area contributed by atoms with Crippen molar-refractivity contribution in [3.8, 4) is 0 Å². The zero-order valence-electron chi connectivity index (χ0n) is 7.13. The molecule has 0 aliphatic carbocycles. The predicted octanol–water partition coefficient (Wildman–Crippen LogP) is 1.17. The molecular formula is C8H13NO2. The highest BCUT2D eigenvalue weighted by Crippen LogP contribution is 2.15. The molecule has 2 atom stereocenters. The van der Waals surface area contributed by atoms with Crippen LogP contribution in [-0.2, 0) is 9.53 Å². The summed E-state index contributed by atoms with van der Waals surface area (Å²) in [5.41, 5.74) is 0. The largest absolute Gasteiger partial charge is 0.468 e. The van der Waals surface area contributed by atoms with Crippen molar-refractivity contribution in [3.63, 3.8) is 0 Å². The number of rotatable bonds is 2. The average Bonchev–Trinajstić information content (AvgIpc) is 2.30. The summed E-state index contributed by atoms with van der Waals surface area (Å²) in [6.45, 7) is 5.40. The Hall–Kier alpha value is -0.860. The molecule has 0 saturated carbocycles. The van der Waals surface area contributed by atoms with E-state index in [0.29, 0.717) is 5.90 Å². The second kappa shape index (κ2) is 3.03. The summed E-state index contributed by atoms with van der Waals surface area (Å²) < 4.78 is 5.28. The quantitative estimate of drug-likeness (QED) is 0.600. The van der Waals surface area contributed by atoms with Gasteiger partial charge in [-0.2, -0.15) is 0 Å². The first-order chi connectivity index (χ1) is 5.15. The fraction of sp³-hybridized carbons (Fsp3) is 0.750. The lowest BCUT2D eigenvalue weighted by atomic mass is 10.1. The van der Waals surface area contributed by atoms with E-state index in [-0.39, 0.29) is 17.9 Å². The lowest BCUT2D eigenvalue weighted by Crippen LogP contribution is -2.27. The van der Waals surface area contributed by atoms with Crippen molar-refractivity contribution in [1.82, 2.24) is 0 Å². The summed E-state index contributed by atoms with van der Waals surface area (Å²) in [6.07, 6.45) is 0.443. The van der Waals surface area contributed by atoms with Gasteiger partial charge in [0, 0.05) is 6.42 Å². The van der Waals surface area contributed by atoms with E-state index < -0.39 is 0 Å². The molecule has 3 nitrogen and oxygen atoms in total. The molecule has 0 fully saturated rings. The van der Waals surface area contributed by atoms with Crippen molar-refractivity contribution < 1.29 is 9.53 Å². The smallest absolute Gasteiger partial charge is 0.184 e.